The SMILES string of the molecule is COc1ccc(F)cc1C(C)(O)CC=O. The smallest absolute Gasteiger partial charge is 0.125 e. The van der Waals surface area contributed by atoms with Crippen LogP contribution in [-0.2, 0) is 10.4 Å². The molecule has 0 aromatic heterocycles. The molecule has 0 saturated carbocycles. The number of hydrogen-bond acceptors (Lipinski definition) is 3. The Morgan fingerprint density at radius 2 is 2.27 bits per heavy atom. The van der Waals surface area contributed by atoms with Crippen molar-refractivity contribution in [3.05, 3.63) is 29.6 Å². The molecular weight excluding hydrogens is 199 g/mol. The van der Waals surface area contributed by atoms with Crippen molar-refractivity contribution in [3.63, 3.8) is 0 Å². The predicted molar refractivity (Wildman–Crippen MR) is 53.2 cm³/mol. The first kappa shape index (κ1) is 11.7. The van der Waals surface area contributed by atoms with Crippen LogP contribution >= 0.6 is 0 Å². The summed E-state index contributed by atoms with van der Waals surface area (Å²) in [5.74, 6) is -0.111. The third kappa shape index (κ3) is 2.53. The van der Waals surface area contributed by atoms with Gasteiger partial charge in [0.25, 0.3) is 0 Å². The van der Waals surface area contributed by atoms with Crippen LogP contribution in [-0.4, -0.2) is 18.5 Å². The summed E-state index contributed by atoms with van der Waals surface area (Å²) in [6.07, 6.45) is 0.483. The summed E-state index contributed by atoms with van der Waals surface area (Å²) < 4.78 is 18.0. The van der Waals surface area contributed by atoms with Crippen molar-refractivity contribution in [2.24, 2.45) is 0 Å². The number of aliphatic hydroxyl groups is 1. The molecule has 15 heavy (non-hydrogen) atoms. The fourth-order valence-corrected chi connectivity index (χ4v) is 1.37. The van der Waals surface area contributed by atoms with E-state index in [1.165, 1.54) is 32.2 Å². The Kier molecular flexibility index (Phi) is 3.42. The van der Waals surface area contributed by atoms with E-state index in [9.17, 15) is 14.3 Å². The molecule has 4 heteroatoms. The summed E-state index contributed by atoms with van der Waals surface area (Å²) in [5.41, 5.74) is -1.13. The van der Waals surface area contributed by atoms with Crippen LogP contribution in [0.2, 0.25) is 0 Å². The molecule has 1 unspecified atom stereocenters. The number of halogens is 1. The lowest BCUT2D eigenvalue weighted by Crippen LogP contribution is -2.22. The molecule has 0 heterocycles. The van der Waals surface area contributed by atoms with Gasteiger partial charge in [0.2, 0.25) is 0 Å². The van der Waals surface area contributed by atoms with Gasteiger partial charge in [-0.1, -0.05) is 0 Å². The Labute approximate surface area is 87.5 Å². The first-order valence-electron chi connectivity index (χ1n) is 4.51. The van der Waals surface area contributed by atoms with E-state index < -0.39 is 11.4 Å². The fourth-order valence-electron chi connectivity index (χ4n) is 1.37. The minimum Gasteiger partial charge on any atom is -0.496 e. The molecule has 0 aliphatic heterocycles. The van der Waals surface area contributed by atoms with E-state index in [-0.39, 0.29) is 12.0 Å². The lowest BCUT2D eigenvalue weighted by molar-refractivity contribution is -0.112. The van der Waals surface area contributed by atoms with E-state index in [0.29, 0.717) is 12.0 Å². The Morgan fingerprint density at radius 3 is 2.80 bits per heavy atom. The molecular formula is C11H13FO3. The summed E-state index contributed by atoms with van der Waals surface area (Å²) in [7, 11) is 1.42. The van der Waals surface area contributed by atoms with E-state index in [1.807, 2.05) is 0 Å². The number of aldehydes is 1. The minimum atomic E-state index is -1.41. The Bertz CT molecular complexity index is 361. The maximum absolute atomic E-state index is 13.0. The van der Waals surface area contributed by atoms with Gasteiger partial charge in [0.15, 0.2) is 0 Å². The van der Waals surface area contributed by atoms with Crippen LogP contribution < -0.4 is 4.74 Å². The molecule has 1 N–H and O–H groups in total. The number of benzene rings is 1. The zero-order valence-corrected chi connectivity index (χ0v) is 8.66. The molecule has 0 fully saturated rings. The number of carbonyl (C=O) groups excluding carboxylic acids is 1. The van der Waals surface area contributed by atoms with E-state index in [0.717, 1.165) is 0 Å². The third-order valence-electron chi connectivity index (χ3n) is 2.22. The third-order valence-corrected chi connectivity index (χ3v) is 2.22. The Morgan fingerprint density at radius 1 is 1.60 bits per heavy atom. The van der Waals surface area contributed by atoms with Gasteiger partial charge in [0.1, 0.15) is 17.9 Å². The molecule has 0 radical (unpaired) electrons. The molecule has 1 aromatic rings. The lowest BCUT2D eigenvalue weighted by Gasteiger charge is -2.23. The van der Waals surface area contributed by atoms with Crippen molar-refractivity contribution in [1.29, 1.82) is 0 Å². The van der Waals surface area contributed by atoms with Gasteiger partial charge in [-0.15, -0.1) is 0 Å². The molecule has 0 saturated heterocycles. The van der Waals surface area contributed by atoms with Crippen molar-refractivity contribution in [2.45, 2.75) is 18.9 Å². The Balaban J connectivity index is 3.20. The van der Waals surface area contributed by atoms with Gasteiger partial charge < -0.3 is 14.6 Å². The standard InChI is InChI=1S/C11H13FO3/c1-11(14,5-6-13)9-7-8(12)3-4-10(9)15-2/h3-4,6-7,14H,5H2,1-2H3. The van der Waals surface area contributed by atoms with Crippen molar-refractivity contribution in [3.8, 4) is 5.75 Å². The van der Waals surface area contributed by atoms with Gasteiger partial charge in [-0.25, -0.2) is 4.39 Å². The summed E-state index contributed by atoms with van der Waals surface area (Å²) in [4.78, 5) is 10.4. The van der Waals surface area contributed by atoms with Gasteiger partial charge in [0, 0.05) is 12.0 Å². The summed E-state index contributed by atoms with van der Waals surface area (Å²) >= 11 is 0. The second-order valence-corrected chi connectivity index (χ2v) is 3.49. The molecule has 0 aliphatic carbocycles. The molecule has 0 spiro atoms. The molecule has 1 aromatic carbocycles. The van der Waals surface area contributed by atoms with Gasteiger partial charge in [-0.2, -0.15) is 0 Å². The van der Waals surface area contributed by atoms with Crippen LogP contribution in [0.1, 0.15) is 18.9 Å². The molecule has 82 valence electrons. The number of carbonyl (C=O) groups is 1. The highest BCUT2D eigenvalue weighted by atomic mass is 19.1. The molecule has 0 amide bonds. The predicted octanol–water partition coefficient (Wildman–Crippen LogP) is 1.63. The summed E-state index contributed by atoms with van der Waals surface area (Å²) in [5, 5.41) is 9.94. The van der Waals surface area contributed by atoms with Gasteiger partial charge in [0.05, 0.1) is 12.7 Å². The highest BCUT2D eigenvalue weighted by Gasteiger charge is 2.26. The minimum absolute atomic E-state index is 0.104. The van der Waals surface area contributed by atoms with Gasteiger partial charge >= 0.3 is 0 Å². The molecule has 1 rings (SSSR count). The van der Waals surface area contributed by atoms with Crippen molar-refractivity contribution < 1.29 is 19.0 Å². The average Bonchev–Trinajstić information content (AvgIpc) is 2.17. The highest BCUT2D eigenvalue weighted by Crippen LogP contribution is 2.32. The molecule has 0 aliphatic rings. The molecule has 1 atom stereocenters. The van der Waals surface area contributed by atoms with Crippen molar-refractivity contribution in [1.82, 2.24) is 0 Å². The van der Waals surface area contributed by atoms with Crippen LogP contribution in [0, 0.1) is 5.82 Å². The second kappa shape index (κ2) is 4.40. The van der Waals surface area contributed by atoms with Crippen molar-refractivity contribution in [2.75, 3.05) is 7.11 Å². The topological polar surface area (TPSA) is 46.5 Å². The van der Waals surface area contributed by atoms with E-state index >= 15 is 0 Å². The van der Waals surface area contributed by atoms with Crippen molar-refractivity contribution >= 4 is 6.29 Å². The number of methoxy groups -OCH3 is 1. The van der Waals surface area contributed by atoms with Crippen LogP contribution in [0.4, 0.5) is 4.39 Å². The quantitative estimate of drug-likeness (QED) is 0.771. The largest absolute Gasteiger partial charge is 0.496 e. The first-order valence-corrected chi connectivity index (χ1v) is 4.51. The second-order valence-electron chi connectivity index (χ2n) is 3.49. The zero-order valence-electron chi connectivity index (χ0n) is 8.66. The average molecular weight is 212 g/mol. The van der Waals surface area contributed by atoms with E-state index in [1.54, 1.807) is 0 Å². The van der Waals surface area contributed by atoms with Crippen LogP contribution in [0.5, 0.6) is 5.75 Å². The van der Waals surface area contributed by atoms with E-state index in [4.69, 9.17) is 4.74 Å². The van der Waals surface area contributed by atoms with E-state index in [2.05, 4.69) is 0 Å². The molecule has 3 nitrogen and oxygen atoms in total. The normalized spacial score (nSPS) is 14.4. The van der Waals surface area contributed by atoms with Crippen LogP contribution in [0.3, 0.4) is 0 Å². The number of rotatable bonds is 4. The maximum Gasteiger partial charge on any atom is 0.125 e. The van der Waals surface area contributed by atoms with Crippen LogP contribution in [0.15, 0.2) is 18.2 Å². The van der Waals surface area contributed by atoms with Gasteiger partial charge in [-0.3, -0.25) is 0 Å². The maximum atomic E-state index is 13.0. The molecule has 0 bridgehead atoms. The monoisotopic (exact) mass is 212 g/mol. The lowest BCUT2D eigenvalue weighted by atomic mass is 9.92. The summed E-state index contributed by atoms with van der Waals surface area (Å²) in [6, 6.07) is 3.82. The fraction of sp³-hybridized carbons (Fsp3) is 0.364. The number of ether oxygens (including phenoxy) is 1. The highest BCUT2D eigenvalue weighted by molar-refractivity contribution is 5.54. The van der Waals surface area contributed by atoms with Crippen LogP contribution in [0.25, 0.3) is 0 Å². The van der Waals surface area contributed by atoms with Gasteiger partial charge in [-0.05, 0) is 25.1 Å². The number of hydrogen-bond donors (Lipinski definition) is 1. The summed E-state index contributed by atoms with van der Waals surface area (Å²) in [6.45, 7) is 1.44. The zero-order chi connectivity index (χ0) is 11.5. The Hall–Kier alpha value is -1.42. The first-order chi connectivity index (χ1) is 7.01.